The molecule has 2 N–H and O–H groups in total. The minimum Gasteiger partial charge on any atom is -0.469 e. The molecule has 2 bridgehead atoms. The van der Waals surface area contributed by atoms with Crippen molar-refractivity contribution in [1.29, 1.82) is 0 Å². The Morgan fingerprint density at radius 3 is 2.09 bits per heavy atom. The first kappa shape index (κ1) is 22.2. The van der Waals surface area contributed by atoms with Crippen molar-refractivity contribution in [2.24, 2.45) is 5.92 Å². The van der Waals surface area contributed by atoms with E-state index < -0.39 is 40.8 Å². The number of carbonyl (C=O) groups is 4. The quantitative estimate of drug-likeness (QED) is 0.515. The van der Waals surface area contributed by atoms with Gasteiger partial charge in [-0.2, -0.15) is 0 Å². The van der Waals surface area contributed by atoms with E-state index in [1.54, 1.807) is 48.5 Å². The predicted octanol–water partition coefficient (Wildman–Crippen LogP) is 1.18. The second-order valence-corrected chi connectivity index (χ2v) is 7.78. The average molecular weight is 450 g/mol. The molecule has 1 fully saturated rings. The van der Waals surface area contributed by atoms with Crippen molar-refractivity contribution in [3.8, 4) is 0 Å². The third-order valence-corrected chi connectivity index (χ3v) is 6.06. The molecule has 0 aromatic heterocycles. The molecular weight excluding hydrogens is 428 g/mol. The second kappa shape index (κ2) is 7.86. The van der Waals surface area contributed by atoms with Crippen LogP contribution in [0.15, 0.2) is 71.9 Å². The zero-order valence-corrected chi connectivity index (χ0v) is 18.2. The number of fused-ring (bicyclic) bond motifs is 2. The van der Waals surface area contributed by atoms with Crippen molar-refractivity contribution in [2.45, 2.75) is 18.2 Å². The van der Waals surface area contributed by atoms with Crippen molar-refractivity contribution in [2.75, 3.05) is 19.1 Å². The molecule has 2 aliphatic rings. The fraction of sp³-hybridized carbons (Fsp3) is 0.250. The Bertz CT molecular complexity index is 1180. The molecule has 0 aliphatic carbocycles. The zero-order chi connectivity index (χ0) is 24.0. The van der Waals surface area contributed by atoms with E-state index in [9.17, 15) is 24.3 Å². The first-order valence-corrected chi connectivity index (χ1v) is 10.1. The van der Waals surface area contributed by atoms with Crippen LogP contribution in [0.2, 0.25) is 0 Å². The first-order chi connectivity index (χ1) is 15.7. The number of nitrogens with one attached hydrogen (secondary N) is 1. The van der Waals surface area contributed by atoms with E-state index in [1.807, 2.05) is 0 Å². The molecule has 1 saturated heterocycles. The Balaban J connectivity index is 2.12. The minimum atomic E-state index is -2.55. The Hall–Kier alpha value is -3.98. The van der Waals surface area contributed by atoms with Gasteiger partial charge in [-0.15, -0.1) is 0 Å². The van der Waals surface area contributed by atoms with E-state index >= 15 is 0 Å². The molecule has 4 rings (SSSR count). The maximum Gasteiger partial charge on any atom is 0.338 e. The van der Waals surface area contributed by atoms with E-state index in [0.717, 1.165) is 19.1 Å². The summed E-state index contributed by atoms with van der Waals surface area (Å²) in [7, 11) is 2.15. The molecule has 2 aromatic rings. The molecule has 2 aromatic carbocycles. The third-order valence-electron chi connectivity index (χ3n) is 6.06. The fourth-order valence-corrected chi connectivity index (χ4v) is 4.80. The number of para-hydroxylation sites is 1. The van der Waals surface area contributed by atoms with Gasteiger partial charge in [-0.1, -0.05) is 48.5 Å². The number of allylic oxidation sites excluding steroid dienone is 1. The van der Waals surface area contributed by atoms with Crippen LogP contribution < -0.4 is 10.2 Å². The SMILES string of the molecule is COC(=O)C1C2(O)NC(C)=C(C(=O)c3ccccc3)C1(C(=O)OC)N(c1ccccc1)C2=O. The molecule has 1 amide bonds. The van der Waals surface area contributed by atoms with Crippen molar-refractivity contribution in [3.63, 3.8) is 0 Å². The number of hydrogen-bond donors (Lipinski definition) is 2. The summed E-state index contributed by atoms with van der Waals surface area (Å²) in [6.07, 6.45) is 0. The van der Waals surface area contributed by atoms with Crippen LogP contribution in [0.5, 0.6) is 0 Å². The molecule has 9 heteroatoms. The van der Waals surface area contributed by atoms with Gasteiger partial charge in [0.05, 0.1) is 19.8 Å². The van der Waals surface area contributed by atoms with Crippen LogP contribution in [0.1, 0.15) is 17.3 Å². The van der Waals surface area contributed by atoms with Gasteiger partial charge in [0.1, 0.15) is 0 Å². The minimum absolute atomic E-state index is 0.0590. The molecule has 2 aliphatic heterocycles. The van der Waals surface area contributed by atoms with Crippen LogP contribution >= 0.6 is 0 Å². The average Bonchev–Trinajstić information content (AvgIpc) is 2.98. The molecule has 2 heterocycles. The summed E-state index contributed by atoms with van der Waals surface area (Å²) in [5.74, 6) is -5.57. The van der Waals surface area contributed by atoms with Crippen LogP contribution in [0.3, 0.4) is 0 Å². The van der Waals surface area contributed by atoms with Crippen LogP contribution in [-0.2, 0) is 23.9 Å². The number of anilines is 1. The molecule has 33 heavy (non-hydrogen) atoms. The van der Waals surface area contributed by atoms with Crippen LogP contribution in [0, 0.1) is 5.92 Å². The van der Waals surface area contributed by atoms with Gasteiger partial charge in [-0.25, -0.2) is 4.79 Å². The summed E-state index contributed by atoms with van der Waals surface area (Å²) in [6, 6.07) is 16.1. The highest BCUT2D eigenvalue weighted by Gasteiger charge is 2.79. The van der Waals surface area contributed by atoms with E-state index in [4.69, 9.17) is 9.47 Å². The number of methoxy groups -OCH3 is 2. The number of Topliss-reactive ketones (excluding diaryl/α,β-unsaturated/α-hetero) is 1. The highest BCUT2D eigenvalue weighted by Crippen LogP contribution is 2.53. The lowest BCUT2D eigenvalue weighted by atomic mass is 9.69. The lowest BCUT2D eigenvalue weighted by Crippen LogP contribution is -2.67. The van der Waals surface area contributed by atoms with Gasteiger partial charge in [0.2, 0.25) is 5.72 Å². The van der Waals surface area contributed by atoms with Gasteiger partial charge >= 0.3 is 11.9 Å². The van der Waals surface area contributed by atoms with Crippen LogP contribution in [0.4, 0.5) is 5.69 Å². The number of hydrogen-bond acceptors (Lipinski definition) is 8. The number of esters is 2. The zero-order valence-electron chi connectivity index (χ0n) is 18.2. The van der Waals surface area contributed by atoms with Crippen LogP contribution in [0.25, 0.3) is 0 Å². The number of nitrogens with zero attached hydrogens (tertiary/aromatic N) is 1. The smallest absolute Gasteiger partial charge is 0.338 e. The Morgan fingerprint density at radius 1 is 0.970 bits per heavy atom. The number of amides is 1. The molecule has 3 unspecified atom stereocenters. The van der Waals surface area contributed by atoms with Gasteiger partial charge in [-0.3, -0.25) is 19.3 Å². The van der Waals surface area contributed by atoms with Crippen molar-refractivity contribution in [3.05, 3.63) is 77.5 Å². The maximum atomic E-state index is 13.8. The second-order valence-electron chi connectivity index (χ2n) is 7.78. The highest BCUT2D eigenvalue weighted by molar-refractivity contribution is 6.24. The van der Waals surface area contributed by atoms with Gasteiger partial charge in [0.25, 0.3) is 5.91 Å². The molecule has 9 nitrogen and oxygen atoms in total. The Morgan fingerprint density at radius 2 is 1.55 bits per heavy atom. The largest absolute Gasteiger partial charge is 0.469 e. The van der Waals surface area contributed by atoms with Gasteiger partial charge in [-0.05, 0) is 19.1 Å². The van der Waals surface area contributed by atoms with Gasteiger partial charge in [0, 0.05) is 16.9 Å². The summed E-state index contributed by atoms with van der Waals surface area (Å²) in [5.41, 5.74) is -4.61. The summed E-state index contributed by atoms with van der Waals surface area (Å²) >= 11 is 0. The fourth-order valence-electron chi connectivity index (χ4n) is 4.80. The lowest BCUT2D eigenvalue weighted by molar-refractivity contribution is -0.169. The van der Waals surface area contributed by atoms with Crippen molar-refractivity contribution in [1.82, 2.24) is 5.32 Å². The summed E-state index contributed by atoms with van der Waals surface area (Å²) < 4.78 is 9.98. The molecular formula is C24H22N2O7. The standard InChI is InChI=1S/C24H22N2O7/c1-14-17(18(27)15-10-6-4-7-11-15)23(22(30)33-3)19(20(28)32-2)24(31,25-14)21(29)26(23)16-12-8-5-9-13-16/h4-13,19,25,31H,1-3H3. The Labute approximate surface area is 189 Å². The highest BCUT2D eigenvalue weighted by atomic mass is 16.5. The third kappa shape index (κ3) is 2.89. The first-order valence-electron chi connectivity index (χ1n) is 10.1. The van der Waals surface area contributed by atoms with Gasteiger partial charge in [0.15, 0.2) is 17.2 Å². The van der Waals surface area contributed by atoms with E-state index in [-0.39, 0.29) is 22.5 Å². The topological polar surface area (TPSA) is 122 Å². The number of ketones is 1. The normalized spacial score (nSPS) is 26.0. The maximum absolute atomic E-state index is 13.8. The van der Waals surface area contributed by atoms with E-state index in [0.29, 0.717) is 0 Å². The molecule has 0 spiro atoms. The number of rotatable bonds is 5. The molecule has 0 radical (unpaired) electrons. The van der Waals surface area contributed by atoms with Gasteiger partial charge < -0.3 is 19.9 Å². The summed E-state index contributed by atoms with van der Waals surface area (Å²) in [6.45, 7) is 1.45. The molecule has 170 valence electrons. The lowest BCUT2D eigenvalue weighted by Gasteiger charge is -2.43. The van der Waals surface area contributed by atoms with Crippen LogP contribution in [-0.4, -0.2) is 54.2 Å². The number of ether oxygens (including phenoxy) is 2. The summed E-state index contributed by atoms with van der Waals surface area (Å²) in [5, 5.41) is 14.1. The number of carbonyl (C=O) groups excluding carboxylic acids is 4. The van der Waals surface area contributed by atoms with E-state index in [1.165, 1.54) is 19.1 Å². The monoisotopic (exact) mass is 450 g/mol. The summed E-state index contributed by atoms with van der Waals surface area (Å²) in [4.78, 5) is 55.1. The molecule has 0 saturated carbocycles. The molecule has 3 atom stereocenters. The number of aliphatic hydroxyl groups is 1. The number of benzene rings is 2. The van der Waals surface area contributed by atoms with Crippen molar-refractivity contribution >= 4 is 29.3 Å². The Kier molecular flexibility index (Phi) is 5.29. The predicted molar refractivity (Wildman–Crippen MR) is 116 cm³/mol. The van der Waals surface area contributed by atoms with Crippen molar-refractivity contribution < 1.29 is 33.8 Å². The van der Waals surface area contributed by atoms with E-state index in [2.05, 4.69) is 5.32 Å².